The molecule has 0 fully saturated rings. The number of aryl methyl sites for hydroxylation is 1. The molecular weight excluding hydrogens is 260 g/mol. The number of hydrogen-bond donors (Lipinski definition) is 1. The lowest BCUT2D eigenvalue weighted by atomic mass is 10.1. The molecule has 0 heterocycles. The SMILES string of the molecule is C#CCN(CC)S(=O)(=O)c1ccc(CCCN)cc1. The second kappa shape index (κ2) is 7.29. The van der Waals surface area contributed by atoms with E-state index in [4.69, 9.17) is 12.2 Å². The van der Waals surface area contributed by atoms with Crippen LogP contribution >= 0.6 is 0 Å². The molecule has 0 bridgehead atoms. The minimum Gasteiger partial charge on any atom is -0.330 e. The first-order valence-corrected chi connectivity index (χ1v) is 7.73. The largest absolute Gasteiger partial charge is 0.330 e. The van der Waals surface area contributed by atoms with Crippen LogP contribution in [0.3, 0.4) is 0 Å². The van der Waals surface area contributed by atoms with Crippen LogP contribution in [0.15, 0.2) is 29.2 Å². The highest BCUT2D eigenvalue weighted by molar-refractivity contribution is 7.89. The lowest BCUT2D eigenvalue weighted by Crippen LogP contribution is -2.31. The summed E-state index contributed by atoms with van der Waals surface area (Å²) in [7, 11) is -3.48. The van der Waals surface area contributed by atoms with Crippen molar-refractivity contribution in [1.82, 2.24) is 4.31 Å². The zero-order valence-corrected chi connectivity index (χ0v) is 12.0. The second-order valence-electron chi connectivity index (χ2n) is 4.17. The van der Waals surface area contributed by atoms with Gasteiger partial charge in [-0.05, 0) is 37.1 Å². The first-order chi connectivity index (χ1) is 9.06. The summed E-state index contributed by atoms with van der Waals surface area (Å²) in [6.45, 7) is 2.85. The van der Waals surface area contributed by atoms with Crippen LogP contribution in [-0.4, -0.2) is 32.4 Å². The third-order valence-electron chi connectivity index (χ3n) is 2.85. The standard InChI is InChI=1S/C14H20N2O2S/c1-3-12-16(4-2)19(17,18)14-9-7-13(8-10-14)6-5-11-15/h1,7-10H,4-6,11-12,15H2,2H3. The van der Waals surface area contributed by atoms with E-state index < -0.39 is 10.0 Å². The molecule has 0 saturated heterocycles. The highest BCUT2D eigenvalue weighted by Crippen LogP contribution is 2.16. The Hall–Kier alpha value is -1.35. The average molecular weight is 280 g/mol. The van der Waals surface area contributed by atoms with E-state index in [1.165, 1.54) is 4.31 Å². The van der Waals surface area contributed by atoms with Gasteiger partial charge in [0.1, 0.15) is 0 Å². The zero-order chi connectivity index (χ0) is 14.3. The van der Waals surface area contributed by atoms with Gasteiger partial charge in [0, 0.05) is 6.54 Å². The molecule has 4 nitrogen and oxygen atoms in total. The molecule has 0 saturated carbocycles. The predicted octanol–water partition coefficient (Wildman–Crippen LogP) is 1.22. The number of rotatable bonds is 7. The topological polar surface area (TPSA) is 63.4 Å². The van der Waals surface area contributed by atoms with Crippen molar-refractivity contribution in [1.29, 1.82) is 0 Å². The number of nitrogens with two attached hydrogens (primary N) is 1. The van der Waals surface area contributed by atoms with Gasteiger partial charge in [0.25, 0.3) is 0 Å². The third kappa shape index (κ3) is 4.06. The van der Waals surface area contributed by atoms with Gasteiger partial charge in [0.15, 0.2) is 0 Å². The van der Waals surface area contributed by atoms with Gasteiger partial charge in [-0.25, -0.2) is 8.42 Å². The Bertz CT molecular complexity index is 530. The molecule has 1 aromatic rings. The molecule has 1 aromatic carbocycles. The van der Waals surface area contributed by atoms with E-state index in [0.717, 1.165) is 18.4 Å². The molecule has 0 unspecified atom stereocenters. The molecule has 0 amide bonds. The maximum atomic E-state index is 12.3. The van der Waals surface area contributed by atoms with Crippen LogP contribution in [0.5, 0.6) is 0 Å². The van der Waals surface area contributed by atoms with E-state index >= 15 is 0 Å². The normalized spacial score (nSPS) is 11.5. The number of terminal acetylenes is 1. The first kappa shape index (κ1) is 15.7. The molecule has 0 radical (unpaired) electrons. The van der Waals surface area contributed by atoms with Crippen molar-refractivity contribution in [3.63, 3.8) is 0 Å². The van der Waals surface area contributed by atoms with Gasteiger partial charge in [0.05, 0.1) is 11.4 Å². The molecular formula is C14H20N2O2S. The fourth-order valence-corrected chi connectivity index (χ4v) is 3.11. The highest BCUT2D eigenvalue weighted by atomic mass is 32.2. The molecule has 0 aromatic heterocycles. The van der Waals surface area contributed by atoms with Gasteiger partial charge in [-0.15, -0.1) is 6.42 Å². The highest BCUT2D eigenvalue weighted by Gasteiger charge is 2.21. The Morgan fingerprint density at radius 1 is 1.32 bits per heavy atom. The van der Waals surface area contributed by atoms with Gasteiger partial charge in [0.2, 0.25) is 10.0 Å². The van der Waals surface area contributed by atoms with Crippen molar-refractivity contribution in [2.45, 2.75) is 24.7 Å². The number of benzene rings is 1. The monoisotopic (exact) mass is 280 g/mol. The number of nitrogens with zero attached hydrogens (tertiary/aromatic N) is 1. The smallest absolute Gasteiger partial charge is 0.243 e. The van der Waals surface area contributed by atoms with E-state index in [0.29, 0.717) is 13.1 Å². The fraction of sp³-hybridized carbons (Fsp3) is 0.429. The molecule has 5 heteroatoms. The maximum absolute atomic E-state index is 12.3. The summed E-state index contributed by atoms with van der Waals surface area (Å²) in [5, 5.41) is 0. The molecule has 19 heavy (non-hydrogen) atoms. The van der Waals surface area contributed by atoms with E-state index in [1.807, 2.05) is 12.1 Å². The van der Waals surface area contributed by atoms with Crippen molar-refractivity contribution in [3.8, 4) is 12.3 Å². The summed E-state index contributed by atoms with van der Waals surface area (Å²) in [6, 6.07) is 6.90. The molecule has 0 aliphatic carbocycles. The molecule has 1 rings (SSSR count). The second-order valence-corrected chi connectivity index (χ2v) is 6.11. The zero-order valence-electron chi connectivity index (χ0n) is 11.2. The summed E-state index contributed by atoms with van der Waals surface area (Å²) >= 11 is 0. The number of sulfonamides is 1. The van der Waals surface area contributed by atoms with Crippen LogP contribution in [0.4, 0.5) is 0 Å². The van der Waals surface area contributed by atoms with E-state index in [2.05, 4.69) is 5.92 Å². The van der Waals surface area contributed by atoms with Gasteiger partial charge in [-0.3, -0.25) is 0 Å². The van der Waals surface area contributed by atoms with Gasteiger partial charge < -0.3 is 5.73 Å². The van der Waals surface area contributed by atoms with Crippen LogP contribution in [0.1, 0.15) is 18.9 Å². The first-order valence-electron chi connectivity index (χ1n) is 6.28. The Balaban J connectivity index is 2.93. The van der Waals surface area contributed by atoms with Crippen molar-refractivity contribution >= 4 is 10.0 Å². The van der Waals surface area contributed by atoms with Crippen LogP contribution in [-0.2, 0) is 16.4 Å². The van der Waals surface area contributed by atoms with Crippen LogP contribution < -0.4 is 5.73 Å². The Morgan fingerprint density at radius 3 is 2.42 bits per heavy atom. The summed E-state index contributed by atoms with van der Waals surface area (Å²) in [5.74, 6) is 2.37. The third-order valence-corrected chi connectivity index (χ3v) is 4.79. The predicted molar refractivity (Wildman–Crippen MR) is 77.1 cm³/mol. The van der Waals surface area contributed by atoms with Gasteiger partial charge in [-0.2, -0.15) is 4.31 Å². The summed E-state index contributed by atoms with van der Waals surface area (Å²) < 4.78 is 25.9. The van der Waals surface area contributed by atoms with E-state index in [1.54, 1.807) is 19.1 Å². The minimum absolute atomic E-state index is 0.0910. The van der Waals surface area contributed by atoms with Gasteiger partial charge in [-0.1, -0.05) is 25.0 Å². The molecule has 0 aliphatic rings. The maximum Gasteiger partial charge on any atom is 0.243 e. The lowest BCUT2D eigenvalue weighted by molar-refractivity contribution is 0.464. The summed E-state index contributed by atoms with van der Waals surface area (Å²) in [5.41, 5.74) is 6.53. The molecule has 0 aliphatic heterocycles. The van der Waals surface area contributed by atoms with Crippen molar-refractivity contribution < 1.29 is 8.42 Å². The Labute approximate surface area is 115 Å². The fourth-order valence-electron chi connectivity index (χ4n) is 1.75. The lowest BCUT2D eigenvalue weighted by Gasteiger charge is -2.17. The van der Waals surface area contributed by atoms with Crippen molar-refractivity contribution in [2.24, 2.45) is 5.73 Å². The Kier molecular flexibility index (Phi) is 6.03. The van der Waals surface area contributed by atoms with Gasteiger partial charge >= 0.3 is 0 Å². The van der Waals surface area contributed by atoms with Crippen molar-refractivity contribution in [2.75, 3.05) is 19.6 Å². The van der Waals surface area contributed by atoms with Crippen LogP contribution in [0, 0.1) is 12.3 Å². The minimum atomic E-state index is -3.48. The summed E-state index contributed by atoms with van der Waals surface area (Å²) in [6.07, 6.45) is 6.94. The van der Waals surface area contributed by atoms with Crippen molar-refractivity contribution in [3.05, 3.63) is 29.8 Å². The van der Waals surface area contributed by atoms with Crippen LogP contribution in [0.25, 0.3) is 0 Å². The molecule has 2 N–H and O–H groups in total. The quantitative estimate of drug-likeness (QED) is 0.764. The molecule has 0 spiro atoms. The number of hydrogen-bond acceptors (Lipinski definition) is 3. The average Bonchev–Trinajstić information content (AvgIpc) is 2.42. The Morgan fingerprint density at radius 2 is 1.95 bits per heavy atom. The summed E-state index contributed by atoms with van der Waals surface area (Å²) in [4.78, 5) is 0.279. The van der Waals surface area contributed by atoms with E-state index in [9.17, 15) is 8.42 Å². The molecule has 104 valence electrons. The van der Waals surface area contributed by atoms with Crippen LogP contribution in [0.2, 0.25) is 0 Å². The molecule has 0 atom stereocenters. The van der Waals surface area contributed by atoms with E-state index in [-0.39, 0.29) is 11.4 Å².